The number of urea groups is 1. The van der Waals surface area contributed by atoms with Crippen LogP contribution in [0.4, 0.5) is 18.0 Å². The summed E-state index contributed by atoms with van der Waals surface area (Å²) in [6, 6.07) is 1.50. The van der Waals surface area contributed by atoms with Crippen molar-refractivity contribution in [1.82, 2.24) is 10.2 Å². The first kappa shape index (κ1) is 27.5. The lowest BCUT2D eigenvalue weighted by Gasteiger charge is -2.20. The van der Waals surface area contributed by atoms with Gasteiger partial charge in [0, 0.05) is 23.6 Å². The SMILES string of the molecule is CCCc1cc2c(C(F)(F)F)cc(=O)oc2c(CCC)c1OCCCCN1C(=O)NC(C)(CC)C1=O. The van der Waals surface area contributed by atoms with E-state index in [0.717, 1.165) is 0 Å². The largest absolute Gasteiger partial charge is 0.493 e. The second-order valence-corrected chi connectivity index (χ2v) is 9.33. The summed E-state index contributed by atoms with van der Waals surface area (Å²) in [6.45, 7) is 7.82. The molecule has 1 aliphatic heterocycles. The maximum absolute atomic E-state index is 13.7. The monoisotopic (exact) mass is 510 g/mol. The molecule has 0 spiro atoms. The van der Waals surface area contributed by atoms with Gasteiger partial charge in [0.05, 0.1) is 12.2 Å². The number of unbranched alkanes of at least 4 members (excludes halogenated alkanes) is 1. The molecule has 198 valence electrons. The van der Waals surface area contributed by atoms with Crippen LogP contribution in [0.15, 0.2) is 21.3 Å². The van der Waals surface area contributed by atoms with Crippen molar-refractivity contribution in [3.63, 3.8) is 0 Å². The molecule has 1 unspecified atom stereocenters. The van der Waals surface area contributed by atoms with Crippen molar-refractivity contribution >= 4 is 22.9 Å². The number of rotatable bonds is 11. The quantitative estimate of drug-likeness (QED) is 0.242. The lowest BCUT2D eigenvalue weighted by atomic mass is 9.96. The normalized spacial score (nSPS) is 18.2. The molecule has 1 aromatic heterocycles. The molecule has 1 fully saturated rings. The van der Waals surface area contributed by atoms with Crippen molar-refractivity contribution < 1.29 is 31.9 Å². The molecule has 36 heavy (non-hydrogen) atoms. The van der Waals surface area contributed by atoms with Crippen LogP contribution < -0.4 is 15.7 Å². The van der Waals surface area contributed by atoms with E-state index in [2.05, 4.69) is 5.32 Å². The maximum Gasteiger partial charge on any atom is 0.417 e. The van der Waals surface area contributed by atoms with E-state index in [1.165, 1.54) is 11.0 Å². The molecule has 1 saturated heterocycles. The number of carbonyl (C=O) groups excluding carboxylic acids is 2. The summed E-state index contributed by atoms with van der Waals surface area (Å²) in [5.41, 5.74) is -1.97. The second-order valence-electron chi connectivity index (χ2n) is 9.33. The summed E-state index contributed by atoms with van der Waals surface area (Å²) in [5.74, 6) is 0.193. The maximum atomic E-state index is 13.7. The zero-order valence-electron chi connectivity index (χ0n) is 21.1. The van der Waals surface area contributed by atoms with Crippen molar-refractivity contribution in [1.29, 1.82) is 0 Å². The number of aryl methyl sites for hydroxylation is 2. The first-order valence-corrected chi connectivity index (χ1v) is 12.4. The van der Waals surface area contributed by atoms with E-state index in [4.69, 9.17) is 9.15 Å². The zero-order valence-corrected chi connectivity index (χ0v) is 21.1. The molecule has 0 radical (unpaired) electrons. The first-order valence-electron chi connectivity index (χ1n) is 12.4. The van der Waals surface area contributed by atoms with Gasteiger partial charge in [-0.2, -0.15) is 13.2 Å². The van der Waals surface area contributed by atoms with Crippen LogP contribution in [0, 0.1) is 0 Å². The number of benzene rings is 1. The Hall–Kier alpha value is -3.04. The molecule has 1 N–H and O–H groups in total. The molecule has 3 rings (SSSR count). The van der Waals surface area contributed by atoms with Gasteiger partial charge in [0.1, 0.15) is 16.9 Å². The van der Waals surface area contributed by atoms with E-state index in [1.54, 1.807) is 6.92 Å². The number of carbonyl (C=O) groups is 2. The molecule has 0 saturated carbocycles. The second kappa shape index (κ2) is 10.9. The minimum absolute atomic E-state index is 0.0929. The first-order chi connectivity index (χ1) is 17.0. The molecule has 1 aliphatic rings. The standard InChI is InChI=1S/C26H33F3N2O5/c1-5-10-16-14-18-19(26(27,28)29)15-20(32)36-22(18)17(11-6-2)21(16)35-13-9-8-12-31-23(33)25(4,7-3)30-24(31)34/h14-15H,5-13H2,1-4H3,(H,30,34). The van der Waals surface area contributed by atoms with Crippen LogP contribution in [0.5, 0.6) is 5.75 Å². The Bertz CT molecular complexity index is 1190. The molecule has 0 aliphatic carbocycles. The van der Waals surface area contributed by atoms with Crippen LogP contribution in [0.3, 0.4) is 0 Å². The summed E-state index contributed by atoms with van der Waals surface area (Å²) in [4.78, 5) is 37.9. The fraction of sp³-hybridized carbons (Fsp3) is 0.577. The summed E-state index contributed by atoms with van der Waals surface area (Å²) >= 11 is 0. The van der Waals surface area contributed by atoms with E-state index in [-0.39, 0.29) is 30.0 Å². The number of halogens is 3. The molecule has 3 amide bonds. The Balaban J connectivity index is 1.84. The minimum atomic E-state index is -4.70. The minimum Gasteiger partial charge on any atom is -0.493 e. The molecule has 2 aromatic rings. The molecule has 10 heteroatoms. The number of alkyl halides is 3. The van der Waals surface area contributed by atoms with E-state index in [1.807, 2.05) is 20.8 Å². The van der Waals surface area contributed by atoms with E-state index < -0.39 is 28.9 Å². The van der Waals surface area contributed by atoms with Crippen molar-refractivity contribution in [3.05, 3.63) is 39.2 Å². The number of ether oxygens (including phenoxy) is 1. The average molecular weight is 511 g/mol. The number of hydrogen-bond acceptors (Lipinski definition) is 5. The Labute approximate surface area is 208 Å². The third-order valence-corrected chi connectivity index (χ3v) is 6.56. The zero-order chi connectivity index (χ0) is 26.7. The fourth-order valence-electron chi connectivity index (χ4n) is 4.49. The lowest BCUT2D eigenvalue weighted by molar-refractivity contribution is -0.136. The van der Waals surface area contributed by atoms with Crippen molar-refractivity contribution in [2.45, 2.75) is 84.4 Å². The number of fused-ring (bicyclic) bond motifs is 1. The van der Waals surface area contributed by atoms with Gasteiger partial charge in [-0.3, -0.25) is 9.69 Å². The van der Waals surface area contributed by atoms with Gasteiger partial charge in [-0.15, -0.1) is 0 Å². The number of nitrogens with zero attached hydrogens (tertiary/aromatic N) is 1. The number of hydrogen-bond donors (Lipinski definition) is 1. The van der Waals surface area contributed by atoms with E-state index in [0.29, 0.717) is 67.9 Å². The number of imide groups is 1. The Morgan fingerprint density at radius 3 is 2.33 bits per heavy atom. The molecule has 2 heterocycles. The smallest absolute Gasteiger partial charge is 0.417 e. The molecule has 7 nitrogen and oxygen atoms in total. The molecule has 1 atom stereocenters. The van der Waals surface area contributed by atoms with Gasteiger partial charge < -0.3 is 14.5 Å². The summed E-state index contributed by atoms with van der Waals surface area (Å²) in [7, 11) is 0. The number of amides is 3. The molecule has 0 bridgehead atoms. The van der Waals surface area contributed by atoms with Gasteiger partial charge in [0.25, 0.3) is 5.91 Å². The fourth-order valence-corrected chi connectivity index (χ4v) is 4.49. The molecular weight excluding hydrogens is 477 g/mol. The molecule has 1 aromatic carbocycles. The highest BCUT2D eigenvalue weighted by Crippen LogP contribution is 2.40. The highest BCUT2D eigenvalue weighted by Gasteiger charge is 2.46. The summed E-state index contributed by atoms with van der Waals surface area (Å²) in [5, 5.41) is 2.58. The van der Waals surface area contributed by atoms with Crippen LogP contribution in [-0.4, -0.2) is 35.5 Å². The Morgan fingerprint density at radius 1 is 1.06 bits per heavy atom. The molecular formula is C26H33F3N2O5. The lowest BCUT2D eigenvalue weighted by Crippen LogP contribution is -2.43. The van der Waals surface area contributed by atoms with Crippen LogP contribution in [0.25, 0.3) is 11.0 Å². The predicted octanol–water partition coefficient (Wildman–Crippen LogP) is 5.60. The third kappa shape index (κ3) is 5.52. The highest BCUT2D eigenvalue weighted by molar-refractivity contribution is 6.06. The summed E-state index contributed by atoms with van der Waals surface area (Å²) in [6.07, 6.45) is -1.00. The van der Waals surface area contributed by atoms with Gasteiger partial charge in [-0.1, -0.05) is 33.6 Å². The van der Waals surface area contributed by atoms with E-state index in [9.17, 15) is 27.6 Å². The number of nitrogens with one attached hydrogen (secondary N) is 1. The van der Waals surface area contributed by atoms with Crippen LogP contribution >= 0.6 is 0 Å². The van der Waals surface area contributed by atoms with E-state index >= 15 is 0 Å². The Kier molecular flexibility index (Phi) is 8.36. The van der Waals surface area contributed by atoms with Crippen molar-refractivity contribution in [3.8, 4) is 5.75 Å². The van der Waals surface area contributed by atoms with Gasteiger partial charge in [0.15, 0.2) is 0 Å². The predicted molar refractivity (Wildman–Crippen MR) is 129 cm³/mol. The summed E-state index contributed by atoms with van der Waals surface area (Å²) < 4.78 is 52.5. The van der Waals surface area contributed by atoms with Crippen LogP contribution in [0.1, 0.15) is 76.5 Å². The van der Waals surface area contributed by atoms with Gasteiger partial charge in [0.2, 0.25) is 0 Å². The topological polar surface area (TPSA) is 88.8 Å². The van der Waals surface area contributed by atoms with Gasteiger partial charge in [-0.05, 0) is 50.7 Å². The highest BCUT2D eigenvalue weighted by atomic mass is 19.4. The van der Waals surface area contributed by atoms with Crippen molar-refractivity contribution in [2.24, 2.45) is 0 Å². The third-order valence-electron chi connectivity index (χ3n) is 6.56. The van der Waals surface area contributed by atoms with Crippen LogP contribution in [-0.2, 0) is 23.8 Å². The van der Waals surface area contributed by atoms with Crippen LogP contribution in [0.2, 0.25) is 0 Å². The van der Waals surface area contributed by atoms with Gasteiger partial charge in [-0.25, -0.2) is 9.59 Å². The van der Waals surface area contributed by atoms with Crippen molar-refractivity contribution in [2.75, 3.05) is 13.2 Å². The van der Waals surface area contributed by atoms with Gasteiger partial charge >= 0.3 is 17.8 Å². The Morgan fingerprint density at radius 2 is 1.75 bits per heavy atom. The average Bonchev–Trinajstić information content (AvgIpc) is 3.03.